The molecule has 1 atom stereocenters. The summed E-state index contributed by atoms with van der Waals surface area (Å²) in [5.41, 5.74) is 6.70. The van der Waals surface area contributed by atoms with Crippen LogP contribution in [0.4, 0.5) is 0 Å². The van der Waals surface area contributed by atoms with Gasteiger partial charge in [-0.2, -0.15) is 0 Å². The standard InChI is InChI=1S/C16H24N2O/c1-13(11-16(17)19)18-9-7-15(8-10-18)12-14-5-3-2-4-6-14/h2-6,13,15H,7-12H2,1H3,(H2,17,19). The van der Waals surface area contributed by atoms with Gasteiger partial charge in [-0.05, 0) is 50.8 Å². The van der Waals surface area contributed by atoms with Gasteiger partial charge in [0.25, 0.3) is 0 Å². The van der Waals surface area contributed by atoms with Crippen molar-refractivity contribution in [3.05, 3.63) is 35.9 Å². The fourth-order valence-electron chi connectivity index (χ4n) is 2.97. The zero-order valence-corrected chi connectivity index (χ0v) is 11.7. The number of likely N-dealkylation sites (tertiary alicyclic amines) is 1. The van der Waals surface area contributed by atoms with E-state index in [-0.39, 0.29) is 11.9 Å². The molecule has 2 N–H and O–H groups in total. The first-order valence-corrected chi connectivity index (χ1v) is 7.21. The maximum absolute atomic E-state index is 11.0. The summed E-state index contributed by atoms with van der Waals surface area (Å²) in [6.07, 6.45) is 4.10. The number of nitrogens with zero attached hydrogens (tertiary/aromatic N) is 1. The molecule has 1 aliphatic rings. The Bertz CT molecular complexity index is 396. The van der Waals surface area contributed by atoms with E-state index in [2.05, 4.69) is 42.2 Å². The molecule has 1 unspecified atom stereocenters. The van der Waals surface area contributed by atoms with E-state index in [0.717, 1.165) is 19.0 Å². The molecule has 3 heteroatoms. The Balaban J connectivity index is 1.78. The minimum absolute atomic E-state index is 0.195. The van der Waals surface area contributed by atoms with Crippen molar-refractivity contribution in [3.63, 3.8) is 0 Å². The van der Waals surface area contributed by atoms with E-state index in [1.54, 1.807) is 0 Å². The van der Waals surface area contributed by atoms with E-state index >= 15 is 0 Å². The first-order chi connectivity index (χ1) is 9.15. The minimum atomic E-state index is -0.195. The number of primary amides is 1. The van der Waals surface area contributed by atoms with E-state index in [1.807, 2.05) is 0 Å². The quantitative estimate of drug-likeness (QED) is 0.882. The Morgan fingerprint density at radius 2 is 1.95 bits per heavy atom. The van der Waals surface area contributed by atoms with Gasteiger partial charge in [-0.25, -0.2) is 0 Å². The fraction of sp³-hybridized carbons (Fsp3) is 0.562. The van der Waals surface area contributed by atoms with Gasteiger partial charge in [0.2, 0.25) is 5.91 Å². The van der Waals surface area contributed by atoms with E-state index in [1.165, 1.54) is 24.8 Å². The number of nitrogens with two attached hydrogens (primary N) is 1. The Kier molecular flexibility index (Phi) is 4.97. The highest BCUT2D eigenvalue weighted by atomic mass is 16.1. The van der Waals surface area contributed by atoms with Gasteiger partial charge in [-0.3, -0.25) is 4.79 Å². The average Bonchev–Trinajstić information content (AvgIpc) is 2.40. The summed E-state index contributed by atoms with van der Waals surface area (Å²) in [6, 6.07) is 11.0. The van der Waals surface area contributed by atoms with Crippen LogP contribution >= 0.6 is 0 Å². The number of carbonyl (C=O) groups is 1. The number of benzene rings is 1. The lowest BCUT2D eigenvalue weighted by Crippen LogP contribution is -2.42. The monoisotopic (exact) mass is 260 g/mol. The molecule has 0 radical (unpaired) electrons. The van der Waals surface area contributed by atoms with Crippen molar-refractivity contribution in [2.24, 2.45) is 11.7 Å². The van der Waals surface area contributed by atoms with Crippen molar-refractivity contribution in [1.82, 2.24) is 4.90 Å². The predicted octanol–water partition coefficient (Wildman–Crippen LogP) is 2.21. The second-order valence-corrected chi connectivity index (χ2v) is 5.69. The second-order valence-electron chi connectivity index (χ2n) is 5.69. The maximum Gasteiger partial charge on any atom is 0.218 e. The predicted molar refractivity (Wildman–Crippen MR) is 77.7 cm³/mol. The summed E-state index contributed by atoms with van der Waals surface area (Å²) in [5.74, 6) is 0.582. The number of piperidine rings is 1. The van der Waals surface area contributed by atoms with E-state index in [9.17, 15) is 4.79 Å². The lowest BCUT2D eigenvalue weighted by molar-refractivity contribution is -0.119. The molecule has 19 heavy (non-hydrogen) atoms. The van der Waals surface area contributed by atoms with Crippen LogP contribution in [-0.2, 0) is 11.2 Å². The van der Waals surface area contributed by atoms with Crippen molar-refractivity contribution in [2.45, 2.75) is 38.6 Å². The average molecular weight is 260 g/mol. The topological polar surface area (TPSA) is 46.3 Å². The van der Waals surface area contributed by atoms with Crippen LogP contribution in [0.5, 0.6) is 0 Å². The Morgan fingerprint density at radius 3 is 2.53 bits per heavy atom. The van der Waals surface area contributed by atoms with Gasteiger partial charge in [0.05, 0.1) is 0 Å². The van der Waals surface area contributed by atoms with Gasteiger partial charge < -0.3 is 10.6 Å². The Morgan fingerprint density at radius 1 is 1.32 bits per heavy atom. The molecule has 0 aromatic heterocycles. The molecule has 3 nitrogen and oxygen atoms in total. The number of hydrogen-bond donors (Lipinski definition) is 1. The van der Waals surface area contributed by atoms with Crippen LogP contribution in [0.2, 0.25) is 0 Å². The van der Waals surface area contributed by atoms with Gasteiger partial charge in [0, 0.05) is 12.5 Å². The molecule has 1 amide bonds. The second kappa shape index (κ2) is 6.71. The van der Waals surface area contributed by atoms with E-state index in [0.29, 0.717) is 6.42 Å². The highest BCUT2D eigenvalue weighted by Crippen LogP contribution is 2.23. The maximum atomic E-state index is 11.0. The summed E-state index contributed by atoms with van der Waals surface area (Å²) in [7, 11) is 0. The third-order valence-electron chi connectivity index (χ3n) is 4.14. The van der Waals surface area contributed by atoms with Crippen LogP contribution in [0.25, 0.3) is 0 Å². The molecular formula is C16H24N2O. The van der Waals surface area contributed by atoms with Crippen molar-refractivity contribution in [3.8, 4) is 0 Å². The number of hydrogen-bond acceptors (Lipinski definition) is 2. The molecule has 1 saturated heterocycles. The molecule has 0 aliphatic carbocycles. The first-order valence-electron chi connectivity index (χ1n) is 7.21. The van der Waals surface area contributed by atoms with Crippen LogP contribution in [0.1, 0.15) is 31.7 Å². The van der Waals surface area contributed by atoms with Gasteiger partial charge in [0.15, 0.2) is 0 Å². The molecule has 1 aliphatic heterocycles. The highest BCUT2D eigenvalue weighted by molar-refractivity contribution is 5.74. The number of rotatable bonds is 5. The number of amides is 1. The van der Waals surface area contributed by atoms with Crippen LogP contribution in [0, 0.1) is 5.92 Å². The zero-order chi connectivity index (χ0) is 13.7. The Labute approximate surface area is 115 Å². The lowest BCUT2D eigenvalue weighted by atomic mass is 9.89. The molecule has 0 spiro atoms. The van der Waals surface area contributed by atoms with Crippen LogP contribution in [0.3, 0.4) is 0 Å². The third-order valence-corrected chi connectivity index (χ3v) is 4.14. The van der Waals surface area contributed by atoms with Crippen molar-refractivity contribution in [1.29, 1.82) is 0 Å². The number of carbonyl (C=O) groups excluding carboxylic acids is 1. The summed E-state index contributed by atoms with van der Waals surface area (Å²) >= 11 is 0. The molecule has 2 rings (SSSR count). The summed E-state index contributed by atoms with van der Waals surface area (Å²) in [5, 5.41) is 0. The molecule has 1 aromatic rings. The lowest BCUT2D eigenvalue weighted by Gasteiger charge is -2.35. The summed E-state index contributed by atoms with van der Waals surface area (Å²) in [4.78, 5) is 13.3. The molecule has 104 valence electrons. The van der Waals surface area contributed by atoms with Gasteiger partial charge in [-0.15, -0.1) is 0 Å². The summed E-state index contributed by atoms with van der Waals surface area (Å²) in [6.45, 7) is 4.28. The van der Waals surface area contributed by atoms with Gasteiger partial charge in [-0.1, -0.05) is 30.3 Å². The molecule has 0 saturated carbocycles. The fourth-order valence-corrected chi connectivity index (χ4v) is 2.97. The summed E-state index contributed by atoms with van der Waals surface area (Å²) < 4.78 is 0. The minimum Gasteiger partial charge on any atom is -0.370 e. The van der Waals surface area contributed by atoms with Crippen LogP contribution in [-0.4, -0.2) is 29.9 Å². The zero-order valence-electron chi connectivity index (χ0n) is 11.7. The largest absolute Gasteiger partial charge is 0.370 e. The molecule has 1 fully saturated rings. The third kappa shape index (κ3) is 4.35. The first kappa shape index (κ1) is 14.1. The van der Waals surface area contributed by atoms with Gasteiger partial charge in [0.1, 0.15) is 0 Å². The molecule has 0 bridgehead atoms. The van der Waals surface area contributed by atoms with Crippen molar-refractivity contribution < 1.29 is 4.79 Å². The molecule has 1 aromatic carbocycles. The normalized spacial score (nSPS) is 19.2. The SMILES string of the molecule is CC(CC(N)=O)N1CCC(Cc2ccccc2)CC1. The van der Waals surface area contributed by atoms with Crippen LogP contribution in [0.15, 0.2) is 30.3 Å². The molecular weight excluding hydrogens is 236 g/mol. The van der Waals surface area contributed by atoms with Crippen molar-refractivity contribution >= 4 is 5.91 Å². The van der Waals surface area contributed by atoms with E-state index in [4.69, 9.17) is 5.73 Å². The van der Waals surface area contributed by atoms with Crippen molar-refractivity contribution in [2.75, 3.05) is 13.1 Å². The Hall–Kier alpha value is -1.35. The molecule has 1 heterocycles. The smallest absolute Gasteiger partial charge is 0.218 e. The van der Waals surface area contributed by atoms with E-state index < -0.39 is 0 Å². The van der Waals surface area contributed by atoms with Gasteiger partial charge >= 0.3 is 0 Å². The highest BCUT2D eigenvalue weighted by Gasteiger charge is 2.23. The van der Waals surface area contributed by atoms with Crippen LogP contribution < -0.4 is 5.73 Å².